The van der Waals surface area contributed by atoms with E-state index in [1.165, 1.54) is 5.56 Å². The Morgan fingerprint density at radius 1 is 1.10 bits per heavy atom. The van der Waals surface area contributed by atoms with Crippen molar-refractivity contribution in [3.63, 3.8) is 0 Å². The number of thioether (sulfide) groups is 1. The van der Waals surface area contributed by atoms with Gasteiger partial charge >= 0.3 is 0 Å². The van der Waals surface area contributed by atoms with E-state index in [1.807, 2.05) is 31.2 Å². The normalized spacial score (nSPS) is 11.2. The van der Waals surface area contributed by atoms with Crippen molar-refractivity contribution < 1.29 is 4.79 Å². The summed E-state index contributed by atoms with van der Waals surface area (Å²) in [5.41, 5.74) is 8.06. The van der Waals surface area contributed by atoms with Crippen LogP contribution in [0.5, 0.6) is 0 Å². The first-order valence-corrected chi connectivity index (χ1v) is 11.8. The van der Waals surface area contributed by atoms with Crippen LogP contribution in [0.25, 0.3) is 5.69 Å². The number of hydrazone groups is 1. The number of amides is 1. The largest absolute Gasteiger partial charge is 0.318 e. The molecule has 0 aliphatic carbocycles. The second-order valence-corrected chi connectivity index (χ2v) is 9.37. The van der Waals surface area contributed by atoms with Gasteiger partial charge in [0, 0.05) is 37.3 Å². The maximum atomic E-state index is 12.0. The van der Waals surface area contributed by atoms with Gasteiger partial charge in [-0.3, -0.25) is 4.79 Å². The number of benzene rings is 2. The lowest BCUT2D eigenvalue weighted by Crippen LogP contribution is -2.19. The van der Waals surface area contributed by atoms with E-state index >= 15 is 0 Å². The van der Waals surface area contributed by atoms with Crippen LogP contribution >= 0.6 is 43.6 Å². The molecular weight excluding hydrogens is 514 g/mol. The van der Waals surface area contributed by atoms with Gasteiger partial charge in [0.25, 0.3) is 0 Å². The molecule has 2 aromatic carbocycles. The molecule has 1 amide bonds. The molecule has 0 fully saturated rings. The van der Waals surface area contributed by atoms with E-state index in [9.17, 15) is 4.79 Å². The lowest BCUT2D eigenvalue weighted by molar-refractivity contribution is -0.118. The fourth-order valence-electron chi connectivity index (χ4n) is 3.00. The van der Waals surface area contributed by atoms with Crippen molar-refractivity contribution in [1.29, 1.82) is 0 Å². The van der Waals surface area contributed by atoms with Gasteiger partial charge in [-0.05, 0) is 61.9 Å². The molecule has 1 heterocycles. The molecule has 0 saturated carbocycles. The van der Waals surface area contributed by atoms with Gasteiger partial charge in [0.15, 0.2) is 0 Å². The van der Waals surface area contributed by atoms with E-state index in [1.54, 1.807) is 18.0 Å². The van der Waals surface area contributed by atoms with Crippen LogP contribution in [0.15, 0.2) is 68.6 Å². The summed E-state index contributed by atoms with van der Waals surface area (Å²) in [7, 11) is 0. The monoisotopic (exact) mass is 533 g/mol. The molecule has 0 radical (unpaired) electrons. The SMILES string of the molecule is Cc1cc(/C=N/NC(=O)CSCc2cccc(Br)c2)c(C)n1-c1ccc(Br)cc1. The third-order valence-electron chi connectivity index (χ3n) is 4.34. The average Bonchev–Trinajstić information content (AvgIpc) is 2.96. The summed E-state index contributed by atoms with van der Waals surface area (Å²) in [4.78, 5) is 12.0. The minimum atomic E-state index is -0.108. The van der Waals surface area contributed by atoms with Crippen molar-refractivity contribution in [2.75, 3.05) is 5.75 Å². The number of rotatable bonds is 7. The molecule has 7 heteroatoms. The van der Waals surface area contributed by atoms with E-state index in [0.717, 1.165) is 37.3 Å². The van der Waals surface area contributed by atoms with Crippen LogP contribution < -0.4 is 5.43 Å². The van der Waals surface area contributed by atoms with Crippen molar-refractivity contribution >= 4 is 55.7 Å². The second-order valence-electron chi connectivity index (χ2n) is 6.55. The minimum Gasteiger partial charge on any atom is -0.318 e. The predicted molar refractivity (Wildman–Crippen MR) is 129 cm³/mol. The summed E-state index contributed by atoms with van der Waals surface area (Å²) in [5.74, 6) is 1.04. The Balaban J connectivity index is 1.55. The fraction of sp³-hybridized carbons (Fsp3) is 0.182. The van der Waals surface area contributed by atoms with Gasteiger partial charge in [0.05, 0.1) is 12.0 Å². The van der Waals surface area contributed by atoms with Crippen molar-refractivity contribution in [2.45, 2.75) is 19.6 Å². The van der Waals surface area contributed by atoms with Crippen molar-refractivity contribution in [3.8, 4) is 5.69 Å². The van der Waals surface area contributed by atoms with Crippen LogP contribution in [-0.2, 0) is 10.5 Å². The standard InChI is InChI=1S/C22H21Br2N3OS/c1-15-10-18(16(2)27(15)21-8-6-19(23)7-9-21)12-25-26-22(28)14-29-13-17-4-3-5-20(24)11-17/h3-12H,13-14H2,1-2H3,(H,26,28)/b25-12+. The smallest absolute Gasteiger partial charge is 0.250 e. The van der Waals surface area contributed by atoms with Gasteiger partial charge in [-0.2, -0.15) is 5.10 Å². The number of nitrogens with one attached hydrogen (secondary N) is 1. The van der Waals surface area contributed by atoms with Crippen molar-refractivity contribution in [3.05, 3.63) is 86.1 Å². The maximum absolute atomic E-state index is 12.0. The van der Waals surface area contributed by atoms with Gasteiger partial charge in [-0.15, -0.1) is 11.8 Å². The van der Waals surface area contributed by atoms with Gasteiger partial charge in [0.2, 0.25) is 5.91 Å². The number of nitrogens with zero attached hydrogens (tertiary/aromatic N) is 2. The predicted octanol–water partition coefficient (Wildman–Crippen LogP) is 6.00. The zero-order chi connectivity index (χ0) is 20.8. The van der Waals surface area contributed by atoms with Crippen LogP contribution in [0.2, 0.25) is 0 Å². The summed E-state index contributed by atoms with van der Waals surface area (Å²) in [6, 6.07) is 18.3. The zero-order valence-corrected chi connectivity index (χ0v) is 20.1. The molecule has 4 nitrogen and oxygen atoms in total. The molecule has 150 valence electrons. The first-order chi connectivity index (χ1) is 13.9. The van der Waals surface area contributed by atoms with Crippen molar-refractivity contribution in [1.82, 2.24) is 9.99 Å². The highest BCUT2D eigenvalue weighted by Gasteiger charge is 2.09. The van der Waals surface area contributed by atoms with Gasteiger partial charge < -0.3 is 4.57 Å². The first-order valence-electron chi connectivity index (χ1n) is 9.03. The summed E-state index contributed by atoms with van der Waals surface area (Å²) >= 11 is 8.49. The van der Waals surface area contributed by atoms with Crippen LogP contribution in [0.3, 0.4) is 0 Å². The molecular formula is C22H21Br2N3OS. The molecule has 0 atom stereocenters. The summed E-state index contributed by atoms with van der Waals surface area (Å²) in [6.07, 6.45) is 1.70. The highest BCUT2D eigenvalue weighted by Crippen LogP contribution is 2.21. The minimum absolute atomic E-state index is 0.108. The lowest BCUT2D eigenvalue weighted by Gasteiger charge is -2.09. The molecule has 1 aromatic heterocycles. The maximum Gasteiger partial charge on any atom is 0.250 e. The molecule has 3 rings (SSSR count). The summed E-state index contributed by atoms with van der Waals surface area (Å²) < 4.78 is 4.26. The number of aryl methyl sites for hydroxylation is 1. The molecule has 1 N–H and O–H groups in total. The van der Waals surface area contributed by atoms with Crippen molar-refractivity contribution in [2.24, 2.45) is 5.10 Å². The second kappa shape index (κ2) is 10.3. The summed E-state index contributed by atoms with van der Waals surface area (Å²) in [5, 5.41) is 4.14. The van der Waals surface area contributed by atoms with Crippen LogP contribution in [0, 0.1) is 13.8 Å². The topological polar surface area (TPSA) is 46.4 Å². The molecule has 0 aliphatic heterocycles. The Hall–Kier alpha value is -1.83. The van der Waals surface area contributed by atoms with E-state index in [-0.39, 0.29) is 5.91 Å². The van der Waals surface area contributed by atoms with E-state index < -0.39 is 0 Å². The lowest BCUT2D eigenvalue weighted by atomic mass is 10.2. The molecule has 29 heavy (non-hydrogen) atoms. The van der Waals surface area contributed by atoms with E-state index in [2.05, 4.69) is 84.2 Å². The molecule has 0 aliphatic rings. The molecule has 0 unspecified atom stereocenters. The van der Waals surface area contributed by atoms with Crippen LogP contribution in [0.1, 0.15) is 22.5 Å². The van der Waals surface area contributed by atoms with Gasteiger partial charge in [0.1, 0.15) is 0 Å². The number of halogens is 2. The highest BCUT2D eigenvalue weighted by atomic mass is 79.9. The highest BCUT2D eigenvalue weighted by molar-refractivity contribution is 9.10. The number of carbonyl (C=O) groups excluding carboxylic acids is 1. The van der Waals surface area contributed by atoms with Gasteiger partial charge in [-0.1, -0.05) is 44.0 Å². The van der Waals surface area contributed by atoms with Crippen LogP contribution in [-0.4, -0.2) is 22.4 Å². The Morgan fingerprint density at radius 2 is 1.86 bits per heavy atom. The molecule has 0 saturated heterocycles. The third-order valence-corrected chi connectivity index (χ3v) is 6.36. The number of hydrogen-bond acceptors (Lipinski definition) is 3. The molecule has 0 spiro atoms. The van der Waals surface area contributed by atoms with Gasteiger partial charge in [-0.25, -0.2) is 5.43 Å². The quantitative estimate of drug-likeness (QED) is 0.298. The third kappa shape index (κ3) is 6.07. The Labute approximate surface area is 192 Å². The Morgan fingerprint density at radius 3 is 2.59 bits per heavy atom. The van der Waals surface area contributed by atoms with E-state index in [4.69, 9.17) is 0 Å². The van der Waals surface area contributed by atoms with E-state index in [0.29, 0.717) is 5.75 Å². The number of carbonyl (C=O) groups is 1. The number of aromatic nitrogens is 1. The average molecular weight is 535 g/mol. The Bertz CT molecular complexity index is 1030. The molecule has 3 aromatic rings. The first kappa shape index (κ1) is 21.9. The number of hydrogen-bond donors (Lipinski definition) is 1. The summed E-state index contributed by atoms with van der Waals surface area (Å²) in [6.45, 7) is 4.11. The Kier molecular flexibility index (Phi) is 7.75. The molecule has 0 bridgehead atoms. The van der Waals surface area contributed by atoms with Crippen LogP contribution in [0.4, 0.5) is 0 Å². The zero-order valence-electron chi connectivity index (χ0n) is 16.2. The fourth-order valence-corrected chi connectivity index (χ4v) is 4.48.